The predicted octanol–water partition coefficient (Wildman–Crippen LogP) is 2.29. The Morgan fingerprint density at radius 1 is 1.64 bits per heavy atom. The molecule has 0 aliphatic heterocycles. The average Bonchev–Trinajstić information content (AvgIpc) is 2.18. The largest absolute Gasteiger partial charge is 0.465 e. The summed E-state index contributed by atoms with van der Waals surface area (Å²) in [6.45, 7) is 0. The highest BCUT2D eigenvalue weighted by atomic mass is 35.5. The number of nitrogens with zero attached hydrogens (tertiary/aromatic N) is 1. The minimum absolute atomic E-state index is 0.122. The fourth-order valence-electron chi connectivity index (χ4n) is 0.953. The summed E-state index contributed by atoms with van der Waals surface area (Å²) in [5.74, 6) is -0.600. The van der Waals surface area contributed by atoms with E-state index in [4.69, 9.17) is 16.9 Å². The highest BCUT2D eigenvalue weighted by molar-refractivity contribution is 7.80. The van der Waals surface area contributed by atoms with E-state index >= 15 is 0 Å². The maximum absolute atomic E-state index is 11.3. The number of hydrogen-bond acceptors (Lipinski definition) is 4. The first kappa shape index (κ1) is 10.9. The van der Waals surface area contributed by atoms with Crippen molar-refractivity contribution < 1.29 is 9.53 Å². The predicted molar refractivity (Wildman–Crippen MR) is 54.8 cm³/mol. The Balaban J connectivity index is 3.42. The van der Waals surface area contributed by atoms with Gasteiger partial charge in [-0.1, -0.05) is 11.6 Å². The van der Waals surface area contributed by atoms with Gasteiger partial charge in [0.05, 0.1) is 23.3 Å². The molecule has 0 heterocycles. The Morgan fingerprint density at radius 3 is 2.79 bits per heavy atom. The van der Waals surface area contributed by atoms with Crippen LogP contribution in [0.4, 0.5) is 0 Å². The van der Waals surface area contributed by atoms with Gasteiger partial charge in [0.2, 0.25) is 0 Å². The zero-order valence-corrected chi connectivity index (χ0v) is 8.89. The van der Waals surface area contributed by atoms with Gasteiger partial charge in [-0.2, -0.15) is 5.26 Å². The minimum Gasteiger partial charge on any atom is -0.465 e. The Labute approximate surface area is 91.7 Å². The van der Waals surface area contributed by atoms with Crippen LogP contribution in [-0.4, -0.2) is 13.1 Å². The Morgan fingerprint density at radius 2 is 2.29 bits per heavy atom. The quantitative estimate of drug-likeness (QED) is 0.592. The molecule has 0 fully saturated rings. The second-order valence-electron chi connectivity index (χ2n) is 2.42. The zero-order chi connectivity index (χ0) is 10.7. The maximum Gasteiger partial charge on any atom is 0.340 e. The fraction of sp³-hybridized carbons (Fsp3) is 0.111. The van der Waals surface area contributed by atoms with E-state index in [1.807, 2.05) is 6.07 Å². The van der Waals surface area contributed by atoms with Crippen molar-refractivity contribution in [3.05, 3.63) is 28.3 Å². The standard InChI is InChI=1S/C9H6ClNO2S/c1-13-9(12)7-6(10)3-2-5(4-11)8(7)14/h2-3,14H,1H3. The SMILES string of the molecule is COC(=O)c1c(Cl)ccc(C#N)c1S. The lowest BCUT2D eigenvalue weighted by Crippen LogP contribution is -2.04. The number of carbonyl (C=O) groups is 1. The second-order valence-corrected chi connectivity index (χ2v) is 3.28. The molecule has 0 N–H and O–H groups in total. The van der Waals surface area contributed by atoms with Crippen LogP contribution < -0.4 is 0 Å². The molecule has 0 unspecified atom stereocenters. The van der Waals surface area contributed by atoms with E-state index in [-0.39, 0.29) is 21.0 Å². The van der Waals surface area contributed by atoms with Gasteiger partial charge in [-0.05, 0) is 12.1 Å². The summed E-state index contributed by atoms with van der Waals surface area (Å²) in [5.41, 5.74) is 0.412. The van der Waals surface area contributed by atoms with Gasteiger partial charge in [0.15, 0.2) is 0 Å². The van der Waals surface area contributed by atoms with Gasteiger partial charge in [-0.15, -0.1) is 12.6 Å². The van der Waals surface area contributed by atoms with Crippen LogP contribution in [0.25, 0.3) is 0 Å². The molecule has 0 spiro atoms. The normalized spacial score (nSPS) is 9.29. The Kier molecular flexibility index (Phi) is 3.39. The zero-order valence-electron chi connectivity index (χ0n) is 7.24. The maximum atomic E-state index is 11.3. The van der Waals surface area contributed by atoms with E-state index in [1.165, 1.54) is 19.2 Å². The van der Waals surface area contributed by atoms with E-state index in [0.717, 1.165) is 0 Å². The third kappa shape index (κ3) is 1.84. The smallest absolute Gasteiger partial charge is 0.340 e. The third-order valence-corrected chi connectivity index (χ3v) is 2.42. The summed E-state index contributed by atoms with van der Waals surface area (Å²) >= 11 is 9.82. The topological polar surface area (TPSA) is 50.1 Å². The molecule has 72 valence electrons. The van der Waals surface area contributed by atoms with Gasteiger partial charge in [0.25, 0.3) is 0 Å². The number of hydrogen-bond donors (Lipinski definition) is 1. The van der Waals surface area contributed by atoms with Crippen LogP contribution >= 0.6 is 24.2 Å². The van der Waals surface area contributed by atoms with Crippen molar-refractivity contribution in [2.24, 2.45) is 0 Å². The summed E-state index contributed by atoms with van der Waals surface area (Å²) in [6.07, 6.45) is 0. The highest BCUT2D eigenvalue weighted by Crippen LogP contribution is 2.26. The van der Waals surface area contributed by atoms with Gasteiger partial charge >= 0.3 is 5.97 Å². The van der Waals surface area contributed by atoms with E-state index in [1.54, 1.807) is 0 Å². The highest BCUT2D eigenvalue weighted by Gasteiger charge is 2.16. The number of thiol groups is 1. The lowest BCUT2D eigenvalue weighted by atomic mass is 10.1. The van der Waals surface area contributed by atoms with Gasteiger partial charge in [-0.25, -0.2) is 4.79 Å². The number of halogens is 1. The lowest BCUT2D eigenvalue weighted by Gasteiger charge is -2.06. The molecule has 0 amide bonds. The third-order valence-electron chi connectivity index (χ3n) is 1.64. The molecule has 14 heavy (non-hydrogen) atoms. The summed E-state index contributed by atoms with van der Waals surface area (Å²) in [6, 6.07) is 4.86. The summed E-state index contributed by atoms with van der Waals surface area (Å²) < 4.78 is 4.52. The van der Waals surface area contributed by atoms with Crippen molar-refractivity contribution in [1.29, 1.82) is 5.26 Å². The summed E-state index contributed by atoms with van der Waals surface area (Å²) in [4.78, 5) is 11.5. The van der Waals surface area contributed by atoms with E-state index < -0.39 is 5.97 Å². The molecule has 1 rings (SSSR count). The number of methoxy groups -OCH3 is 1. The molecule has 5 heteroatoms. The number of benzene rings is 1. The Hall–Kier alpha value is -1.18. The first-order valence-corrected chi connectivity index (χ1v) is 4.44. The number of nitriles is 1. The van der Waals surface area contributed by atoms with Gasteiger partial charge in [-0.3, -0.25) is 0 Å². The van der Waals surface area contributed by atoms with Crippen LogP contribution in [0.2, 0.25) is 5.02 Å². The fourth-order valence-corrected chi connectivity index (χ4v) is 1.59. The van der Waals surface area contributed by atoms with Crippen molar-refractivity contribution in [2.75, 3.05) is 7.11 Å². The molecule has 0 atom stereocenters. The minimum atomic E-state index is -0.600. The second kappa shape index (κ2) is 4.36. The Bertz CT molecular complexity index is 426. The molecule has 0 aliphatic carbocycles. The molecule has 3 nitrogen and oxygen atoms in total. The molecule has 0 aliphatic rings. The van der Waals surface area contributed by atoms with Crippen LogP contribution in [0.15, 0.2) is 17.0 Å². The number of rotatable bonds is 1. The monoisotopic (exact) mass is 227 g/mol. The van der Waals surface area contributed by atoms with Crippen LogP contribution in [0.5, 0.6) is 0 Å². The molecule has 0 aromatic heterocycles. The molecule has 1 aromatic rings. The van der Waals surface area contributed by atoms with Crippen LogP contribution in [-0.2, 0) is 4.74 Å². The lowest BCUT2D eigenvalue weighted by molar-refractivity contribution is 0.0597. The van der Waals surface area contributed by atoms with E-state index in [0.29, 0.717) is 0 Å². The molecular formula is C9H6ClNO2S. The molecule has 0 saturated carbocycles. The average molecular weight is 228 g/mol. The summed E-state index contributed by atoms with van der Waals surface area (Å²) in [7, 11) is 1.24. The van der Waals surface area contributed by atoms with Crippen LogP contribution in [0.3, 0.4) is 0 Å². The first-order chi connectivity index (χ1) is 6.61. The van der Waals surface area contributed by atoms with Crippen molar-refractivity contribution >= 4 is 30.2 Å². The van der Waals surface area contributed by atoms with Gasteiger partial charge in [0, 0.05) is 4.90 Å². The van der Waals surface area contributed by atoms with Crippen molar-refractivity contribution in [2.45, 2.75) is 4.90 Å². The molecule has 0 radical (unpaired) electrons. The van der Waals surface area contributed by atoms with Crippen molar-refractivity contribution in [3.63, 3.8) is 0 Å². The molecule has 0 bridgehead atoms. The van der Waals surface area contributed by atoms with E-state index in [9.17, 15) is 4.79 Å². The van der Waals surface area contributed by atoms with Crippen LogP contribution in [0.1, 0.15) is 15.9 Å². The molecular weight excluding hydrogens is 222 g/mol. The number of ether oxygens (including phenoxy) is 1. The van der Waals surface area contributed by atoms with Gasteiger partial charge in [0.1, 0.15) is 6.07 Å². The summed E-state index contributed by atoms with van der Waals surface area (Å²) in [5, 5.41) is 8.92. The van der Waals surface area contributed by atoms with E-state index in [2.05, 4.69) is 17.4 Å². The number of esters is 1. The number of carbonyl (C=O) groups excluding carboxylic acids is 1. The van der Waals surface area contributed by atoms with Crippen LogP contribution in [0, 0.1) is 11.3 Å². The molecule has 0 saturated heterocycles. The van der Waals surface area contributed by atoms with Crippen molar-refractivity contribution in [1.82, 2.24) is 0 Å². The van der Waals surface area contributed by atoms with Crippen molar-refractivity contribution in [3.8, 4) is 6.07 Å². The molecule has 1 aromatic carbocycles. The van der Waals surface area contributed by atoms with Gasteiger partial charge < -0.3 is 4.74 Å². The first-order valence-electron chi connectivity index (χ1n) is 3.61.